The molecule has 1 atom stereocenters. The normalized spacial score (nSPS) is 20.8. The molecule has 0 radical (unpaired) electrons. The molecule has 0 fully saturated rings. The molecule has 3 nitrogen and oxygen atoms in total. The third kappa shape index (κ3) is 2.68. The van der Waals surface area contributed by atoms with E-state index in [0.717, 1.165) is 0 Å². The minimum atomic E-state index is -1.45. The molecule has 0 saturated carbocycles. The van der Waals surface area contributed by atoms with E-state index in [9.17, 15) is 4.79 Å². The fourth-order valence-corrected chi connectivity index (χ4v) is 1.09. The van der Waals surface area contributed by atoms with Gasteiger partial charge in [0.15, 0.2) is 5.78 Å². The van der Waals surface area contributed by atoms with Crippen LogP contribution in [0.3, 0.4) is 0 Å². The van der Waals surface area contributed by atoms with Crippen molar-refractivity contribution in [2.75, 3.05) is 0 Å². The molecule has 2 N–H and O–H groups in total. The van der Waals surface area contributed by atoms with Gasteiger partial charge in [0.25, 0.3) is 0 Å². The van der Waals surface area contributed by atoms with Crippen molar-refractivity contribution in [3.8, 4) is 0 Å². The average molecular weight is 178 g/mol. The number of carbonyl (C=O) groups excluding carboxylic acids is 1. The highest BCUT2D eigenvalue weighted by Gasteiger charge is 2.19. The SMILES string of the molecule is CC(=O)C1=CC(B(O)O)C=CC=C1. The summed E-state index contributed by atoms with van der Waals surface area (Å²) in [5, 5.41) is 17.8. The number of rotatable bonds is 2. The van der Waals surface area contributed by atoms with Gasteiger partial charge in [-0.1, -0.05) is 30.4 Å². The highest BCUT2D eigenvalue weighted by atomic mass is 16.4. The molecule has 0 aliphatic heterocycles. The highest BCUT2D eigenvalue weighted by molar-refractivity contribution is 6.44. The molecule has 0 amide bonds. The molecule has 0 saturated heterocycles. The van der Waals surface area contributed by atoms with Crippen LogP contribution in [-0.4, -0.2) is 22.9 Å². The molecular weight excluding hydrogens is 167 g/mol. The smallest absolute Gasteiger partial charge is 0.426 e. The van der Waals surface area contributed by atoms with E-state index in [4.69, 9.17) is 10.0 Å². The molecule has 0 bridgehead atoms. The molecule has 0 aromatic rings. The molecule has 0 spiro atoms. The quantitative estimate of drug-likeness (QED) is 0.604. The van der Waals surface area contributed by atoms with Crippen molar-refractivity contribution >= 4 is 12.9 Å². The van der Waals surface area contributed by atoms with E-state index in [1.165, 1.54) is 6.92 Å². The van der Waals surface area contributed by atoms with Gasteiger partial charge in [-0.2, -0.15) is 0 Å². The predicted octanol–water partition coefficient (Wildman–Crippen LogP) is 0.471. The van der Waals surface area contributed by atoms with Crippen molar-refractivity contribution in [1.29, 1.82) is 0 Å². The maximum Gasteiger partial charge on any atom is 0.462 e. The van der Waals surface area contributed by atoms with Crippen LogP contribution < -0.4 is 0 Å². The fourth-order valence-electron chi connectivity index (χ4n) is 1.09. The van der Waals surface area contributed by atoms with Crippen LogP contribution in [0.15, 0.2) is 36.0 Å². The summed E-state index contributed by atoms with van der Waals surface area (Å²) >= 11 is 0. The van der Waals surface area contributed by atoms with Crippen molar-refractivity contribution in [3.63, 3.8) is 0 Å². The number of hydrogen-bond acceptors (Lipinski definition) is 3. The van der Waals surface area contributed by atoms with Crippen LogP contribution in [0, 0.1) is 0 Å². The topological polar surface area (TPSA) is 57.5 Å². The summed E-state index contributed by atoms with van der Waals surface area (Å²) in [6, 6.07) is 0. The molecular formula is C9H11BO3. The molecule has 1 rings (SSSR count). The molecule has 0 aromatic heterocycles. The number of carbonyl (C=O) groups is 1. The number of Topliss-reactive ketones (excluding diaryl/α,β-unsaturated/α-hetero) is 1. The van der Waals surface area contributed by atoms with Crippen molar-refractivity contribution in [2.45, 2.75) is 12.7 Å². The summed E-state index contributed by atoms with van der Waals surface area (Å²) in [7, 11) is -1.45. The Bertz CT molecular complexity index is 289. The van der Waals surface area contributed by atoms with E-state index in [0.29, 0.717) is 5.57 Å². The van der Waals surface area contributed by atoms with E-state index < -0.39 is 12.9 Å². The highest BCUT2D eigenvalue weighted by Crippen LogP contribution is 2.18. The van der Waals surface area contributed by atoms with E-state index in [-0.39, 0.29) is 5.78 Å². The molecule has 1 aliphatic carbocycles. The van der Waals surface area contributed by atoms with Crippen LogP contribution in [0.5, 0.6) is 0 Å². The summed E-state index contributed by atoms with van der Waals surface area (Å²) in [6.07, 6.45) is 8.23. The number of ketones is 1. The fraction of sp³-hybridized carbons (Fsp3) is 0.222. The van der Waals surface area contributed by atoms with Crippen LogP contribution in [0.1, 0.15) is 6.92 Å². The van der Waals surface area contributed by atoms with Gasteiger partial charge in [0, 0.05) is 11.4 Å². The second-order valence-electron chi connectivity index (χ2n) is 2.91. The minimum Gasteiger partial charge on any atom is -0.426 e. The zero-order chi connectivity index (χ0) is 9.84. The zero-order valence-corrected chi connectivity index (χ0v) is 7.34. The summed E-state index contributed by atoms with van der Waals surface area (Å²) < 4.78 is 0. The van der Waals surface area contributed by atoms with E-state index in [1.807, 2.05) is 0 Å². The molecule has 1 aliphatic rings. The summed E-state index contributed by atoms with van der Waals surface area (Å²) in [5.41, 5.74) is 0.503. The van der Waals surface area contributed by atoms with Gasteiger partial charge in [-0.15, -0.1) is 0 Å². The van der Waals surface area contributed by atoms with Crippen LogP contribution in [-0.2, 0) is 4.79 Å². The van der Waals surface area contributed by atoms with E-state index >= 15 is 0 Å². The van der Waals surface area contributed by atoms with Gasteiger partial charge in [0.2, 0.25) is 0 Å². The Morgan fingerprint density at radius 2 is 2.15 bits per heavy atom. The van der Waals surface area contributed by atoms with Gasteiger partial charge in [0.1, 0.15) is 0 Å². The third-order valence-electron chi connectivity index (χ3n) is 1.84. The number of hydrogen-bond donors (Lipinski definition) is 2. The maximum atomic E-state index is 11.0. The maximum absolute atomic E-state index is 11.0. The lowest BCUT2D eigenvalue weighted by molar-refractivity contribution is -0.113. The monoisotopic (exact) mass is 178 g/mol. The van der Waals surface area contributed by atoms with Crippen LogP contribution >= 0.6 is 0 Å². The van der Waals surface area contributed by atoms with Gasteiger partial charge in [-0.3, -0.25) is 4.79 Å². The summed E-state index contributed by atoms with van der Waals surface area (Å²) in [6.45, 7) is 1.45. The Balaban J connectivity index is 2.91. The van der Waals surface area contributed by atoms with E-state index in [2.05, 4.69) is 0 Å². The Hall–Kier alpha value is -1.13. The third-order valence-corrected chi connectivity index (χ3v) is 1.84. The zero-order valence-electron chi connectivity index (χ0n) is 7.34. The van der Waals surface area contributed by atoms with E-state index in [1.54, 1.807) is 30.4 Å². The molecule has 1 unspecified atom stereocenters. The van der Waals surface area contributed by atoms with Gasteiger partial charge in [-0.25, -0.2) is 0 Å². The number of allylic oxidation sites excluding steroid dienone is 6. The Morgan fingerprint density at radius 3 is 2.69 bits per heavy atom. The second kappa shape index (κ2) is 4.21. The van der Waals surface area contributed by atoms with Gasteiger partial charge in [-0.05, 0) is 6.92 Å². The van der Waals surface area contributed by atoms with Crippen LogP contribution in [0.2, 0.25) is 5.82 Å². The first-order valence-corrected chi connectivity index (χ1v) is 4.05. The lowest BCUT2D eigenvalue weighted by Crippen LogP contribution is -2.17. The van der Waals surface area contributed by atoms with Crippen LogP contribution in [0.25, 0.3) is 0 Å². The largest absolute Gasteiger partial charge is 0.462 e. The van der Waals surface area contributed by atoms with Crippen molar-refractivity contribution in [1.82, 2.24) is 0 Å². The van der Waals surface area contributed by atoms with Crippen molar-refractivity contribution < 1.29 is 14.8 Å². The Morgan fingerprint density at radius 1 is 1.46 bits per heavy atom. The molecule has 0 aromatic carbocycles. The molecule has 4 heteroatoms. The van der Waals surface area contributed by atoms with Crippen molar-refractivity contribution in [2.24, 2.45) is 0 Å². The summed E-state index contributed by atoms with van der Waals surface area (Å²) in [5.74, 6) is -0.584. The average Bonchev–Trinajstić information content (AvgIpc) is 2.28. The first kappa shape index (κ1) is 9.96. The summed E-state index contributed by atoms with van der Waals surface area (Å²) in [4.78, 5) is 11.0. The Labute approximate surface area is 77.2 Å². The minimum absolute atomic E-state index is 0.0781. The van der Waals surface area contributed by atoms with Gasteiger partial charge >= 0.3 is 7.12 Å². The molecule has 13 heavy (non-hydrogen) atoms. The lowest BCUT2D eigenvalue weighted by atomic mass is 9.72. The van der Waals surface area contributed by atoms with Crippen LogP contribution in [0.4, 0.5) is 0 Å². The standard InChI is InChI=1S/C9H11BO3/c1-7(11)8-4-2-3-5-9(6-8)10(12)13/h2-6,9,12-13H,1H3. The van der Waals surface area contributed by atoms with Crippen molar-refractivity contribution in [3.05, 3.63) is 36.0 Å². The predicted molar refractivity (Wildman–Crippen MR) is 51.0 cm³/mol. The molecule has 0 heterocycles. The van der Waals surface area contributed by atoms with Gasteiger partial charge in [0.05, 0.1) is 0 Å². The Kier molecular flexibility index (Phi) is 3.22. The first-order valence-electron chi connectivity index (χ1n) is 4.05. The van der Waals surface area contributed by atoms with Gasteiger partial charge < -0.3 is 10.0 Å². The molecule has 68 valence electrons. The second-order valence-corrected chi connectivity index (χ2v) is 2.91. The lowest BCUT2D eigenvalue weighted by Gasteiger charge is -2.05. The first-order chi connectivity index (χ1) is 6.11.